The zero-order chi connectivity index (χ0) is 15.3. The number of nitro groups is 2. The van der Waals surface area contributed by atoms with Crippen LogP contribution in [0.25, 0.3) is 0 Å². The van der Waals surface area contributed by atoms with E-state index in [1.165, 1.54) is 6.92 Å². The van der Waals surface area contributed by atoms with E-state index in [0.29, 0.717) is 5.06 Å². The molecule has 0 spiro atoms. The third kappa shape index (κ3) is 3.62. The van der Waals surface area contributed by atoms with Gasteiger partial charge in [0.05, 0.1) is 15.9 Å². The fraction of sp³-hybridized carbons (Fsp3) is 0.300. The average molecular weight is 285 g/mol. The van der Waals surface area contributed by atoms with Crippen molar-refractivity contribution in [1.29, 1.82) is 0 Å². The molecule has 20 heavy (non-hydrogen) atoms. The highest BCUT2D eigenvalue weighted by molar-refractivity contribution is 5.76. The Morgan fingerprint density at radius 2 is 2.00 bits per heavy atom. The van der Waals surface area contributed by atoms with E-state index in [9.17, 15) is 25.0 Å². The summed E-state index contributed by atoms with van der Waals surface area (Å²) in [6.45, 7) is 0.930. The highest BCUT2D eigenvalue weighted by Gasteiger charge is 2.21. The van der Waals surface area contributed by atoms with Crippen LogP contribution < -0.4 is 4.74 Å². The van der Waals surface area contributed by atoms with E-state index in [-0.39, 0.29) is 12.3 Å². The predicted octanol–water partition coefficient (Wildman–Crippen LogP) is 1.12. The molecule has 0 aliphatic heterocycles. The van der Waals surface area contributed by atoms with Crippen LogP contribution in [0.4, 0.5) is 11.4 Å². The van der Waals surface area contributed by atoms with E-state index in [1.54, 1.807) is 0 Å². The molecule has 1 N–H and O–H groups in total. The first kappa shape index (κ1) is 15.3. The van der Waals surface area contributed by atoms with Crippen LogP contribution in [-0.4, -0.2) is 39.2 Å². The summed E-state index contributed by atoms with van der Waals surface area (Å²) in [5.74, 6) is -1.08. The van der Waals surface area contributed by atoms with E-state index in [0.717, 1.165) is 18.2 Å². The van der Waals surface area contributed by atoms with Crippen molar-refractivity contribution < 1.29 is 24.6 Å². The summed E-state index contributed by atoms with van der Waals surface area (Å²) < 4.78 is 4.90. The number of benzene rings is 1. The van der Waals surface area contributed by atoms with Crippen molar-refractivity contribution in [3.8, 4) is 5.75 Å². The molecule has 0 fully saturated rings. The topological polar surface area (TPSA) is 136 Å². The highest BCUT2D eigenvalue weighted by Crippen LogP contribution is 2.30. The van der Waals surface area contributed by atoms with Gasteiger partial charge in [-0.05, 0) is 13.0 Å². The van der Waals surface area contributed by atoms with Gasteiger partial charge in [0, 0.05) is 12.6 Å². The molecule has 0 saturated carbocycles. The van der Waals surface area contributed by atoms with E-state index < -0.39 is 33.7 Å². The first-order valence-electron chi connectivity index (χ1n) is 5.41. The first-order valence-corrected chi connectivity index (χ1v) is 5.41. The van der Waals surface area contributed by atoms with Crippen molar-refractivity contribution in [3.05, 3.63) is 38.4 Å². The molecule has 1 rings (SSSR count). The third-order valence-electron chi connectivity index (χ3n) is 2.29. The Hall–Kier alpha value is -2.75. The van der Waals surface area contributed by atoms with Gasteiger partial charge in [-0.3, -0.25) is 30.2 Å². The van der Waals surface area contributed by atoms with Gasteiger partial charge < -0.3 is 4.74 Å². The lowest BCUT2D eigenvalue weighted by Gasteiger charge is -2.12. The maximum Gasteiger partial charge on any atom is 0.317 e. The Balaban J connectivity index is 2.92. The zero-order valence-corrected chi connectivity index (χ0v) is 10.4. The number of hydrogen-bond acceptors (Lipinski definition) is 7. The number of carbonyl (C=O) groups excluding carboxylic acids is 1. The second-order valence-corrected chi connectivity index (χ2v) is 3.56. The minimum Gasteiger partial charge on any atom is -0.477 e. The Morgan fingerprint density at radius 3 is 2.50 bits per heavy atom. The predicted molar refractivity (Wildman–Crippen MR) is 64.4 cm³/mol. The number of non-ortho nitro benzene ring substituents is 1. The van der Waals surface area contributed by atoms with Gasteiger partial charge in [0.25, 0.3) is 11.6 Å². The molecular formula is C10H11N3O7. The molecule has 0 bridgehead atoms. The van der Waals surface area contributed by atoms with Gasteiger partial charge in [0.1, 0.15) is 0 Å². The normalized spacial score (nSPS) is 9.90. The van der Waals surface area contributed by atoms with E-state index in [4.69, 9.17) is 9.94 Å². The van der Waals surface area contributed by atoms with Crippen LogP contribution in [0.1, 0.15) is 6.92 Å². The molecule has 0 saturated heterocycles. The molecule has 0 aliphatic carbocycles. The maximum absolute atomic E-state index is 11.3. The number of hydrogen-bond donors (Lipinski definition) is 1. The number of nitro benzene ring substituents is 2. The van der Waals surface area contributed by atoms with Crippen molar-refractivity contribution in [2.24, 2.45) is 0 Å². The summed E-state index contributed by atoms with van der Waals surface area (Å²) in [5.41, 5.74) is -1.10. The summed E-state index contributed by atoms with van der Waals surface area (Å²) in [4.78, 5) is 31.0. The first-order chi connectivity index (χ1) is 9.36. The van der Waals surface area contributed by atoms with Crippen LogP contribution in [0, 0.1) is 20.2 Å². The quantitative estimate of drug-likeness (QED) is 0.469. The maximum atomic E-state index is 11.3. The Labute approximate surface area is 112 Å². The smallest absolute Gasteiger partial charge is 0.317 e. The Kier molecular flexibility index (Phi) is 4.92. The fourth-order valence-corrected chi connectivity index (χ4v) is 1.27. The van der Waals surface area contributed by atoms with Gasteiger partial charge in [-0.2, -0.15) is 0 Å². The molecule has 0 aliphatic rings. The van der Waals surface area contributed by atoms with E-state index in [1.807, 2.05) is 0 Å². The Morgan fingerprint density at radius 1 is 1.35 bits per heavy atom. The van der Waals surface area contributed by atoms with Crippen molar-refractivity contribution in [2.75, 3.05) is 13.2 Å². The summed E-state index contributed by atoms with van der Waals surface area (Å²) in [6, 6.07) is 2.77. The zero-order valence-electron chi connectivity index (χ0n) is 10.4. The molecule has 0 radical (unpaired) electrons. The van der Waals surface area contributed by atoms with Gasteiger partial charge in [-0.15, -0.1) is 0 Å². The van der Waals surface area contributed by atoms with Gasteiger partial charge in [-0.1, -0.05) is 0 Å². The fourth-order valence-electron chi connectivity index (χ4n) is 1.27. The van der Waals surface area contributed by atoms with Crippen LogP contribution in [-0.2, 0) is 4.79 Å². The second-order valence-electron chi connectivity index (χ2n) is 3.56. The van der Waals surface area contributed by atoms with Crippen molar-refractivity contribution >= 4 is 17.3 Å². The number of hydroxylamine groups is 2. The van der Waals surface area contributed by atoms with Crippen LogP contribution in [0.3, 0.4) is 0 Å². The lowest BCUT2D eigenvalue weighted by molar-refractivity contribution is -0.394. The molecule has 0 aromatic heterocycles. The molecule has 10 heteroatoms. The van der Waals surface area contributed by atoms with Crippen LogP contribution in [0.15, 0.2) is 18.2 Å². The molecule has 1 aromatic carbocycles. The van der Waals surface area contributed by atoms with Crippen molar-refractivity contribution in [3.63, 3.8) is 0 Å². The van der Waals surface area contributed by atoms with Crippen LogP contribution in [0.2, 0.25) is 0 Å². The Bertz CT molecular complexity index is 546. The number of carbonyl (C=O) groups is 1. The molecule has 1 aromatic rings. The molecule has 10 nitrogen and oxygen atoms in total. The van der Waals surface area contributed by atoms with Gasteiger partial charge >= 0.3 is 5.69 Å². The lowest BCUT2D eigenvalue weighted by atomic mass is 10.2. The number of nitrogens with zero attached hydrogens (tertiary/aromatic N) is 3. The van der Waals surface area contributed by atoms with Crippen LogP contribution in [0.5, 0.6) is 5.75 Å². The molecule has 0 unspecified atom stereocenters. The summed E-state index contributed by atoms with van der Waals surface area (Å²) in [7, 11) is 0. The number of ether oxygens (including phenoxy) is 1. The largest absolute Gasteiger partial charge is 0.477 e. The molecular weight excluding hydrogens is 274 g/mol. The van der Waals surface area contributed by atoms with E-state index in [2.05, 4.69) is 0 Å². The van der Waals surface area contributed by atoms with Crippen molar-refractivity contribution in [1.82, 2.24) is 5.06 Å². The molecule has 108 valence electrons. The van der Waals surface area contributed by atoms with E-state index >= 15 is 0 Å². The monoisotopic (exact) mass is 285 g/mol. The van der Waals surface area contributed by atoms with Gasteiger partial charge in [0.2, 0.25) is 0 Å². The summed E-state index contributed by atoms with van der Waals surface area (Å²) in [5, 5.41) is 30.8. The number of amides is 1. The van der Waals surface area contributed by atoms with Gasteiger partial charge in [0.15, 0.2) is 12.4 Å². The minimum absolute atomic E-state index is 0.0323. The lowest BCUT2D eigenvalue weighted by Crippen LogP contribution is -2.31. The number of likely N-dealkylation sites (N-methyl/N-ethyl adjacent to an activating group) is 1. The average Bonchev–Trinajstić information content (AvgIpc) is 2.43. The van der Waals surface area contributed by atoms with Crippen LogP contribution >= 0.6 is 0 Å². The standard InChI is InChI=1S/C10H11N3O7/c1-2-11(15)10(14)6-20-9-4-3-7(12(16)17)5-8(9)13(18)19/h3-5,15H,2,6H2,1H3. The van der Waals surface area contributed by atoms with Gasteiger partial charge in [-0.25, -0.2) is 5.06 Å². The molecule has 0 heterocycles. The third-order valence-corrected chi connectivity index (χ3v) is 2.29. The summed E-state index contributed by atoms with van der Waals surface area (Å²) in [6.07, 6.45) is 0. The minimum atomic E-state index is -0.858. The van der Waals surface area contributed by atoms with Crippen molar-refractivity contribution in [2.45, 2.75) is 6.92 Å². The summed E-state index contributed by atoms with van der Waals surface area (Å²) >= 11 is 0. The second kappa shape index (κ2) is 6.43. The number of rotatable bonds is 6. The SMILES string of the molecule is CCN(O)C(=O)COc1ccc([N+](=O)[O-])cc1[N+](=O)[O-]. The molecule has 0 atom stereocenters. The highest BCUT2D eigenvalue weighted by atomic mass is 16.6. The molecule has 1 amide bonds.